The van der Waals surface area contributed by atoms with Gasteiger partial charge in [0.05, 0.1) is 12.1 Å². The van der Waals surface area contributed by atoms with E-state index in [1.807, 2.05) is 10.3 Å². The average Bonchev–Trinajstić information content (AvgIpc) is 2.89. The van der Waals surface area contributed by atoms with E-state index in [2.05, 4.69) is 4.98 Å². The standard InChI is InChI=1S/C11H17N3OS/c12-4-3-9-8-16-10(13-9)7-11(15)14-5-1-2-6-14/h8H,1-7,12H2. The van der Waals surface area contributed by atoms with Crippen molar-refractivity contribution in [3.05, 3.63) is 16.1 Å². The molecule has 1 amide bonds. The molecular weight excluding hydrogens is 222 g/mol. The maximum absolute atomic E-state index is 11.8. The number of nitrogens with zero attached hydrogens (tertiary/aromatic N) is 2. The fourth-order valence-corrected chi connectivity index (χ4v) is 2.72. The minimum atomic E-state index is 0.214. The predicted octanol–water partition coefficient (Wildman–Crippen LogP) is 0.809. The summed E-state index contributed by atoms with van der Waals surface area (Å²) in [6.07, 6.45) is 3.54. The number of hydrogen-bond donors (Lipinski definition) is 1. The van der Waals surface area contributed by atoms with E-state index in [-0.39, 0.29) is 5.91 Å². The van der Waals surface area contributed by atoms with E-state index in [0.29, 0.717) is 13.0 Å². The third kappa shape index (κ3) is 2.80. The van der Waals surface area contributed by atoms with Gasteiger partial charge < -0.3 is 10.6 Å². The summed E-state index contributed by atoms with van der Waals surface area (Å²) in [6.45, 7) is 2.45. The fraction of sp³-hybridized carbons (Fsp3) is 0.636. The van der Waals surface area contributed by atoms with Crippen LogP contribution in [0, 0.1) is 0 Å². The maximum atomic E-state index is 11.8. The lowest BCUT2D eigenvalue weighted by Crippen LogP contribution is -2.29. The zero-order chi connectivity index (χ0) is 11.4. The quantitative estimate of drug-likeness (QED) is 0.846. The van der Waals surface area contributed by atoms with Crippen LogP contribution in [-0.2, 0) is 17.6 Å². The lowest BCUT2D eigenvalue weighted by molar-refractivity contribution is -0.129. The van der Waals surface area contributed by atoms with Gasteiger partial charge in [-0.3, -0.25) is 4.79 Å². The largest absolute Gasteiger partial charge is 0.342 e. The molecule has 0 spiro atoms. The van der Waals surface area contributed by atoms with Gasteiger partial charge in [-0.15, -0.1) is 11.3 Å². The molecule has 88 valence electrons. The van der Waals surface area contributed by atoms with E-state index in [1.165, 1.54) is 0 Å². The molecule has 16 heavy (non-hydrogen) atoms. The zero-order valence-corrected chi connectivity index (χ0v) is 10.1. The summed E-state index contributed by atoms with van der Waals surface area (Å²) in [5, 5.41) is 2.92. The number of aromatic nitrogens is 1. The Morgan fingerprint density at radius 2 is 2.25 bits per heavy atom. The fourth-order valence-electron chi connectivity index (χ4n) is 1.90. The highest BCUT2D eigenvalue weighted by Crippen LogP contribution is 2.14. The van der Waals surface area contributed by atoms with Gasteiger partial charge in [0, 0.05) is 24.9 Å². The molecule has 0 aromatic carbocycles. The van der Waals surface area contributed by atoms with E-state index < -0.39 is 0 Å². The first-order valence-electron chi connectivity index (χ1n) is 5.70. The molecule has 0 radical (unpaired) electrons. The monoisotopic (exact) mass is 239 g/mol. The van der Waals surface area contributed by atoms with Gasteiger partial charge in [0.2, 0.25) is 5.91 Å². The maximum Gasteiger partial charge on any atom is 0.229 e. The lowest BCUT2D eigenvalue weighted by atomic mass is 10.3. The molecule has 2 N–H and O–H groups in total. The number of carbonyl (C=O) groups excluding carboxylic acids is 1. The molecule has 1 aromatic heterocycles. The molecule has 0 aliphatic carbocycles. The number of nitrogens with two attached hydrogens (primary N) is 1. The molecule has 0 atom stereocenters. The van der Waals surface area contributed by atoms with Gasteiger partial charge in [-0.05, 0) is 19.4 Å². The van der Waals surface area contributed by atoms with Crippen LogP contribution < -0.4 is 5.73 Å². The molecule has 1 aromatic rings. The summed E-state index contributed by atoms with van der Waals surface area (Å²) < 4.78 is 0. The molecule has 0 bridgehead atoms. The summed E-state index contributed by atoms with van der Waals surface area (Å²) in [4.78, 5) is 18.2. The Hall–Kier alpha value is -0.940. The van der Waals surface area contributed by atoms with Crippen LogP contribution in [0.5, 0.6) is 0 Å². The number of likely N-dealkylation sites (tertiary alicyclic amines) is 1. The second kappa shape index (κ2) is 5.41. The van der Waals surface area contributed by atoms with Gasteiger partial charge in [0.25, 0.3) is 0 Å². The Morgan fingerprint density at radius 1 is 1.50 bits per heavy atom. The minimum absolute atomic E-state index is 0.214. The number of amides is 1. The molecule has 1 saturated heterocycles. The third-order valence-electron chi connectivity index (χ3n) is 2.76. The molecule has 0 saturated carbocycles. The highest BCUT2D eigenvalue weighted by molar-refractivity contribution is 7.09. The molecule has 0 unspecified atom stereocenters. The van der Waals surface area contributed by atoms with Crippen LogP contribution in [0.4, 0.5) is 0 Å². The molecule has 4 nitrogen and oxygen atoms in total. The van der Waals surface area contributed by atoms with Crippen LogP contribution in [0.15, 0.2) is 5.38 Å². The number of thiazole rings is 1. The summed E-state index contributed by atoms with van der Waals surface area (Å²) in [7, 11) is 0. The Balaban J connectivity index is 1.89. The number of hydrogen-bond acceptors (Lipinski definition) is 4. The first-order chi connectivity index (χ1) is 7.79. The van der Waals surface area contributed by atoms with Crippen molar-refractivity contribution in [2.24, 2.45) is 5.73 Å². The van der Waals surface area contributed by atoms with Gasteiger partial charge in [-0.2, -0.15) is 0 Å². The first kappa shape index (κ1) is 11.5. The van der Waals surface area contributed by atoms with E-state index in [4.69, 9.17) is 5.73 Å². The molecular formula is C11H17N3OS. The Bertz CT molecular complexity index is 358. The topological polar surface area (TPSA) is 59.2 Å². The van der Waals surface area contributed by atoms with Crippen molar-refractivity contribution in [1.82, 2.24) is 9.88 Å². The second-order valence-electron chi connectivity index (χ2n) is 4.04. The van der Waals surface area contributed by atoms with Crippen molar-refractivity contribution in [2.45, 2.75) is 25.7 Å². The highest BCUT2D eigenvalue weighted by atomic mass is 32.1. The minimum Gasteiger partial charge on any atom is -0.342 e. The molecule has 1 aliphatic heterocycles. The van der Waals surface area contributed by atoms with E-state index in [0.717, 1.165) is 43.1 Å². The second-order valence-corrected chi connectivity index (χ2v) is 4.98. The molecule has 1 aliphatic rings. The van der Waals surface area contributed by atoms with Crippen molar-refractivity contribution in [3.8, 4) is 0 Å². The summed E-state index contributed by atoms with van der Waals surface area (Å²) in [5.74, 6) is 0.214. The van der Waals surface area contributed by atoms with E-state index in [9.17, 15) is 4.79 Å². The van der Waals surface area contributed by atoms with Crippen LogP contribution in [0.3, 0.4) is 0 Å². The molecule has 2 heterocycles. The Kier molecular flexibility index (Phi) is 3.90. The van der Waals surface area contributed by atoms with Crippen molar-refractivity contribution < 1.29 is 4.79 Å². The van der Waals surface area contributed by atoms with Crippen LogP contribution in [0.25, 0.3) is 0 Å². The molecule has 5 heteroatoms. The third-order valence-corrected chi connectivity index (χ3v) is 3.66. The average molecular weight is 239 g/mol. The van der Waals surface area contributed by atoms with Crippen molar-refractivity contribution in [1.29, 1.82) is 0 Å². The summed E-state index contributed by atoms with van der Waals surface area (Å²) in [6, 6.07) is 0. The predicted molar refractivity (Wildman–Crippen MR) is 64.4 cm³/mol. The smallest absolute Gasteiger partial charge is 0.229 e. The van der Waals surface area contributed by atoms with Crippen LogP contribution >= 0.6 is 11.3 Å². The van der Waals surface area contributed by atoms with Crippen LogP contribution in [0.2, 0.25) is 0 Å². The van der Waals surface area contributed by atoms with Crippen molar-refractivity contribution in [3.63, 3.8) is 0 Å². The van der Waals surface area contributed by atoms with Gasteiger partial charge in [0.15, 0.2) is 0 Å². The number of rotatable bonds is 4. The lowest BCUT2D eigenvalue weighted by Gasteiger charge is -2.13. The SMILES string of the molecule is NCCc1csc(CC(=O)N2CCCC2)n1. The highest BCUT2D eigenvalue weighted by Gasteiger charge is 2.19. The normalized spacial score (nSPS) is 15.7. The molecule has 2 rings (SSSR count). The number of carbonyl (C=O) groups is 1. The van der Waals surface area contributed by atoms with Gasteiger partial charge in [-0.25, -0.2) is 4.98 Å². The van der Waals surface area contributed by atoms with Gasteiger partial charge in [0.1, 0.15) is 5.01 Å². The first-order valence-corrected chi connectivity index (χ1v) is 6.58. The van der Waals surface area contributed by atoms with Crippen LogP contribution in [0.1, 0.15) is 23.5 Å². The Labute approximate surface area is 99.5 Å². The van der Waals surface area contributed by atoms with Gasteiger partial charge in [-0.1, -0.05) is 0 Å². The van der Waals surface area contributed by atoms with Crippen molar-refractivity contribution >= 4 is 17.2 Å². The molecule has 1 fully saturated rings. The Morgan fingerprint density at radius 3 is 2.94 bits per heavy atom. The zero-order valence-electron chi connectivity index (χ0n) is 9.32. The summed E-state index contributed by atoms with van der Waals surface area (Å²) in [5.41, 5.74) is 6.47. The van der Waals surface area contributed by atoms with E-state index >= 15 is 0 Å². The van der Waals surface area contributed by atoms with Gasteiger partial charge >= 0.3 is 0 Å². The van der Waals surface area contributed by atoms with Crippen LogP contribution in [-0.4, -0.2) is 35.4 Å². The van der Waals surface area contributed by atoms with Crippen molar-refractivity contribution in [2.75, 3.05) is 19.6 Å². The van der Waals surface area contributed by atoms with E-state index in [1.54, 1.807) is 11.3 Å². The summed E-state index contributed by atoms with van der Waals surface area (Å²) >= 11 is 1.56.